The van der Waals surface area contributed by atoms with Gasteiger partial charge in [-0.25, -0.2) is 0 Å². The Kier molecular flexibility index (Phi) is 3.96. The molecule has 14 heavy (non-hydrogen) atoms. The quantitative estimate of drug-likeness (QED) is 0.687. The van der Waals surface area contributed by atoms with E-state index in [0.717, 1.165) is 0 Å². The maximum Gasteiger partial charge on any atom is 0.0134 e. The van der Waals surface area contributed by atoms with Crippen LogP contribution in [0.1, 0.15) is 22.3 Å². The van der Waals surface area contributed by atoms with Crippen LogP contribution in [0.2, 0.25) is 0 Å². The van der Waals surface area contributed by atoms with Crippen LogP contribution < -0.4 is 0 Å². The van der Waals surface area contributed by atoms with E-state index < -0.39 is 0 Å². The molecular weight excluding hydrogens is 208 g/mol. The van der Waals surface area contributed by atoms with Gasteiger partial charge < -0.3 is 0 Å². The van der Waals surface area contributed by atoms with E-state index in [1.54, 1.807) is 0 Å². The fourth-order valence-corrected chi connectivity index (χ4v) is 3.69. The molecule has 0 fully saturated rings. The smallest absolute Gasteiger partial charge is 0.0134 e. The Balaban J connectivity index is 3.55. The van der Waals surface area contributed by atoms with E-state index in [4.69, 9.17) is 0 Å². The molecule has 0 spiro atoms. The van der Waals surface area contributed by atoms with E-state index in [2.05, 4.69) is 40.2 Å². The highest BCUT2D eigenvalue weighted by atomic mass is 32.2. The predicted octanol–water partition coefficient (Wildman–Crippen LogP) is 4.36. The van der Waals surface area contributed by atoms with E-state index in [1.807, 2.05) is 23.5 Å². The standard InChI is InChI=1S/C12H18S2/c1-7-8(2)12(14-6)10(4)9(3)11(7)13-5/h1-6H3. The number of thioether (sulfide) groups is 2. The van der Waals surface area contributed by atoms with Gasteiger partial charge in [0.25, 0.3) is 0 Å². The molecular formula is C12H18S2. The minimum Gasteiger partial charge on any atom is -0.129 e. The first-order valence-corrected chi connectivity index (χ1v) is 7.17. The number of hydrogen-bond acceptors (Lipinski definition) is 2. The maximum absolute atomic E-state index is 2.23. The minimum absolute atomic E-state index is 1.45. The Morgan fingerprint density at radius 1 is 0.571 bits per heavy atom. The van der Waals surface area contributed by atoms with Crippen LogP contribution in [0.5, 0.6) is 0 Å². The molecule has 0 aliphatic carbocycles. The lowest BCUT2D eigenvalue weighted by Crippen LogP contribution is -1.97. The Bertz CT molecular complexity index is 290. The molecule has 0 aromatic heterocycles. The third-order valence-electron chi connectivity index (χ3n) is 2.90. The van der Waals surface area contributed by atoms with Crippen molar-refractivity contribution in [1.29, 1.82) is 0 Å². The van der Waals surface area contributed by atoms with Crippen LogP contribution in [0.15, 0.2) is 9.79 Å². The second kappa shape index (κ2) is 4.63. The molecule has 0 heterocycles. The van der Waals surface area contributed by atoms with Gasteiger partial charge in [0.2, 0.25) is 0 Å². The van der Waals surface area contributed by atoms with E-state index in [0.29, 0.717) is 0 Å². The van der Waals surface area contributed by atoms with Gasteiger partial charge in [-0.05, 0) is 62.5 Å². The second-order valence-corrected chi connectivity index (χ2v) is 5.20. The molecule has 0 atom stereocenters. The predicted molar refractivity (Wildman–Crippen MR) is 69.0 cm³/mol. The molecule has 1 aromatic rings. The molecule has 0 aliphatic rings. The summed E-state index contributed by atoms with van der Waals surface area (Å²) in [5.74, 6) is 0. The second-order valence-electron chi connectivity index (χ2n) is 3.57. The van der Waals surface area contributed by atoms with Crippen LogP contribution in [0.25, 0.3) is 0 Å². The van der Waals surface area contributed by atoms with Crippen LogP contribution in [0, 0.1) is 27.7 Å². The van der Waals surface area contributed by atoms with E-state index in [-0.39, 0.29) is 0 Å². The molecule has 0 saturated carbocycles. The Hall–Kier alpha value is -0.0800. The third-order valence-corrected chi connectivity index (χ3v) is 4.94. The van der Waals surface area contributed by atoms with Gasteiger partial charge in [0, 0.05) is 9.79 Å². The number of hydrogen-bond donors (Lipinski definition) is 0. The Morgan fingerprint density at radius 3 is 0.929 bits per heavy atom. The molecule has 0 unspecified atom stereocenters. The lowest BCUT2D eigenvalue weighted by atomic mass is 10.0. The molecule has 1 aromatic carbocycles. The minimum atomic E-state index is 1.45. The number of benzene rings is 1. The van der Waals surface area contributed by atoms with Crippen molar-refractivity contribution >= 4 is 23.5 Å². The first kappa shape index (κ1) is 12.0. The molecule has 0 radical (unpaired) electrons. The molecule has 2 heteroatoms. The van der Waals surface area contributed by atoms with Crippen molar-refractivity contribution < 1.29 is 0 Å². The van der Waals surface area contributed by atoms with Gasteiger partial charge in [-0.2, -0.15) is 0 Å². The van der Waals surface area contributed by atoms with Gasteiger partial charge in [0.1, 0.15) is 0 Å². The highest BCUT2D eigenvalue weighted by molar-refractivity contribution is 7.99. The summed E-state index contributed by atoms with van der Waals surface area (Å²) in [5, 5.41) is 0. The molecule has 0 aliphatic heterocycles. The van der Waals surface area contributed by atoms with Gasteiger partial charge in [-0.15, -0.1) is 23.5 Å². The van der Waals surface area contributed by atoms with Crippen LogP contribution in [-0.2, 0) is 0 Å². The summed E-state index contributed by atoms with van der Waals surface area (Å²) in [6.45, 7) is 8.92. The first-order valence-electron chi connectivity index (χ1n) is 4.72. The molecule has 0 bridgehead atoms. The van der Waals surface area contributed by atoms with Crippen molar-refractivity contribution in [3.05, 3.63) is 22.3 Å². The van der Waals surface area contributed by atoms with E-state index >= 15 is 0 Å². The molecule has 0 amide bonds. The van der Waals surface area contributed by atoms with E-state index in [9.17, 15) is 0 Å². The van der Waals surface area contributed by atoms with Gasteiger partial charge in [-0.3, -0.25) is 0 Å². The highest BCUT2D eigenvalue weighted by Gasteiger charge is 2.12. The van der Waals surface area contributed by atoms with Crippen LogP contribution in [-0.4, -0.2) is 12.5 Å². The third kappa shape index (κ3) is 1.82. The zero-order valence-electron chi connectivity index (χ0n) is 9.82. The zero-order valence-corrected chi connectivity index (χ0v) is 11.4. The van der Waals surface area contributed by atoms with Crippen molar-refractivity contribution in [2.75, 3.05) is 12.5 Å². The van der Waals surface area contributed by atoms with Crippen molar-refractivity contribution in [2.24, 2.45) is 0 Å². The largest absolute Gasteiger partial charge is 0.129 e. The monoisotopic (exact) mass is 226 g/mol. The number of rotatable bonds is 2. The van der Waals surface area contributed by atoms with Crippen LogP contribution >= 0.6 is 23.5 Å². The fraction of sp³-hybridized carbons (Fsp3) is 0.500. The molecule has 78 valence electrons. The van der Waals surface area contributed by atoms with Gasteiger partial charge in [-0.1, -0.05) is 0 Å². The topological polar surface area (TPSA) is 0 Å². The summed E-state index contributed by atoms with van der Waals surface area (Å²) in [6, 6.07) is 0. The van der Waals surface area contributed by atoms with Gasteiger partial charge in [0.05, 0.1) is 0 Å². The lowest BCUT2D eigenvalue weighted by Gasteiger charge is -2.17. The summed E-state index contributed by atoms with van der Waals surface area (Å²) in [4.78, 5) is 2.91. The Labute approximate surface area is 95.9 Å². The maximum atomic E-state index is 2.23. The highest BCUT2D eigenvalue weighted by Crippen LogP contribution is 2.36. The van der Waals surface area contributed by atoms with E-state index in [1.165, 1.54) is 32.0 Å². The lowest BCUT2D eigenvalue weighted by molar-refractivity contribution is 1.06. The molecule has 0 N–H and O–H groups in total. The molecule has 1 rings (SSSR count). The van der Waals surface area contributed by atoms with Gasteiger partial charge in [0.15, 0.2) is 0 Å². The van der Waals surface area contributed by atoms with Crippen LogP contribution in [0.3, 0.4) is 0 Å². The summed E-state index contributed by atoms with van der Waals surface area (Å²) in [5.41, 5.74) is 5.80. The van der Waals surface area contributed by atoms with Gasteiger partial charge >= 0.3 is 0 Å². The summed E-state index contributed by atoms with van der Waals surface area (Å²) >= 11 is 3.72. The Morgan fingerprint density at radius 2 is 0.786 bits per heavy atom. The summed E-state index contributed by atoms with van der Waals surface area (Å²) in [7, 11) is 0. The van der Waals surface area contributed by atoms with Crippen LogP contribution in [0.4, 0.5) is 0 Å². The SMILES string of the molecule is CSc1c(C)c(C)c(SC)c(C)c1C. The summed E-state index contributed by atoms with van der Waals surface area (Å²) in [6.07, 6.45) is 4.32. The molecule has 0 nitrogen and oxygen atoms in total. The fourth-order valence-electron chi connectivity index (χ4n) is 1.86. The summed E-state index contributed by atoms with van der Waals surface area (Å²) < 4.78 is 0. The molecule has 0 saturated heterocycles. The average molecular weight is 226 g/mol. The first-order chi connectivity index (χ1) is 6.54. The van der Waals surface area contributed by atoms with Crippen molar-refractivity contribution in [2.45, 2.75) is 37.5 Å². The van der Waals surface area contributed by atoms with Crippen molar-refractivity contribution in [1.82, 2.24) is 0 Å². The average Bonchev–Trinajstić information content (AvgIpc) is 2.17. The normalized spacial score (nSPS) is 10.7. The van der Waals surface area contributed by atoms with Crippen molar-refractivity contribution in [3.63, 3.8) is 0 Å². The zero-order chi connectivity index (χ0) is 10.9. The van der Waals surface area contributed by atoms with Crippen molar-refractivity contribution in [3.8, 4) is 0 Å².